The van der Waals surface area contributed by atoms with Gasteiger partial charge in [0.25, 0.3) is 0 Å². The Morgan fingerprint density at radius 1 is 0.698 bits per heavy atom. The molecule has 0 aromatic heterocycles. The van der Waals surface area contributed by atoms with E-state index in [2.05, 4.69) is 31.4 Å². The molecule has 43 heavy (non-hydrogen) atoms. The monoisotopic (exact) mass is 604 g/mol. The maximum Gasteiger partial charge on any atom is 0.239 e. The molecular formula is C36H70BN3O3. The lowest BCUT2D eigenvalue weighted by atomic mass is 9.79. The van der Waals surface area contributed by atoms with Crippen molar-refractivity contribution in [3.8, 4) is 0 Å². The third-order valence-corrected chi connectivity index (χ3v) is 9.62. The zero-order valence-electron chi connectivity index (χ0n) is 29.0. The zero-order valence-corrected chi connectivity index (χ0v) is 29.0. The molecular weight excluding hydrogens is 533 g/mol. The molecule has 250 valence electrons. The SMILES string of the molecule is BCC(=O)N(CCNC(=O)CC(CCC)C(CCC)CCCCCCCCC)CC(=O)NCC1CCCCCCCCC1. The van der Waals surface area contributed by atoms with Crippen LogP contribution in [0.3, 0.4) is 0 Å². The average Bonchev–Trinajstić information content (AvgIpc) is 3.00. The molecule has 0 heterocycles. The number of carbonyl (C=O) groups excluding carboxylic acids is 3. The fourth-order valence-electron chi connectivity index (χ4n) is 6.97. The van der Waals surface area contributed by atoms with Gasteiger partial charge in [0.1, 0.15) is 7.85 Å². The van der Waals surface area contributed by atoms with E-state index in [0.29, 0.717) is 50.1 Å². The summed E-state index contributed by atoms with van der Waals surface area (Å²) in [4.78, 5) is 40.1. The van der Waals surface area contributed by atoms with Crippen LogP contribution in [0.1, 0.15) is 162 Å². The zero-order chi connectivity index (χ0) is 31.5. The fourth-order valence-corrected chi connectivity index (χ4v) is 6.97. The second kappa shape index (κ2) is 26.8. The lowest BCUT2D eigenvalue weighted by Crippen LogP contribution is -2.45. The molecule has 1 aliphatic carbocycles. The van der Waals surface area contributed by atoms with E-state index in [4.69, 9.17) is 0 Å². The quantitative estimate of drug-likeness (QED) is 0.0933. The minimum atomic E-state index is -0.0824. The van der Waals surface area contributed by atoms with Gasteiger partial charge in [-0.1, -0.05) is 136 Å². The minimum Gasteiger partial charge on any atom is -0.354 e. The van der Waals surface area contributed by atoms with E-state index in [1.165, 1.54) is 122 Å². The van der Waals surface area contributed by atoms with E-state index in [9.17, 15) is 14.4 Å². The van der Waals surface area contributed by atoms with Crippen LogP contribution in [0.25, 0.3) is 0 Å². The van der Waals surface area contributed by atoms with E-state index >= 15 is 0 Å². The van der Waals surface area contributed by atoms with E-state index in [1.807, 2.05) is 7.85 Å². The number of hydrogen-bond donors (Lipinski definition) is 2. The van der Waals surface area contributed by atoms with Crippen LogP contribution in [0.15, 0.2) is 0 Å². The summed E-state index contributed by atoms with van der Waals surface area (Å²) in [5.74, 6) is 1.54. The van der Waals surface area contributed by atoms with Crippen LogP contribution in [-0.2, 0) is 14.4 Å². The molecule has 0 saturated heterocycles. The normalized spacial score (nSPS) is 16.3. The third kappa shape index (κ3) is 20.2. The molecule has 2 atom stereocenters. The van der Waals surface area contributed by atoms with Gasteiger partial charge in [-0.25, -0.2) is 0 Å². The van der Waals surface area contributed by atoms with Crippen molar-refractivity contribution in [2.45, 2.75) is 168 Å². The van der Waals surface area contributed by atoms with Gasteiger partial charge in [-0.15, -0.1) is 0 Å². The molecule has 2 unspecified atom stereocenters. The van der Waals surface area contributed by atoms with Crippen molar-refractivity contribution in [2.75, 3.05) is 26.2 Å². The second-order valence-corrected chi connectivity index (χ2v) is 13.5. The Labute approximate surface area is 267 Å². The summed E-state index contributed by atoms with van der Waals surface area (Å²) in [6.45, 7) is 8.31. The molecule has 0 spiro atoms. The van der Waals surface area contributed by atoms with Crippen molar-refractivity contribution in [3.05, 3.63) is 0 Å². The first kappa shape index (κ1) is 39.5. The summed E-state index contributed by atoms with van der Waals surface area (Å²) in [5, 5.41) is 6.21. The number of rotatable bonds is 23. The standard InChI is InChI=1S/C36H70BN3O3/c1-4-7-8-9-11-16-19-24-32(20-5-2)33(21-6-3)27-34(41)38-25-26-40(36(43)28-37)30-35(42)39-29-31-22-17-14-12-10-13-15-18-23-31/h31-33H,4-30,37H2,1-3H3,(H,38,41)(H,39,42). The molecule has 7 heteroatoms. The van der Waals surface area contributed by atoms with Crippen molar-refractivity contribution >= 4 is 25.6 Å². The van der Waals surface area contributed by atoms with Gasteiger partial charge in [-0.2, -0.15) is 0 Å². The highest BCUT2D eigenvalue weighted by Crippen LogP contribution is 2.30. The molecule has 0 aromatic carbocycles. The van der Waals surface area contributed by atoms with Gasteiger partial charge in [-0.3, -0.25) is 14.4 Å². The first-order valence-electron chi connectivity index (χ1n) is 18.8. The van der Waals surface area contributed by atoms with Gasteiger partial charge >= 0.3 is 0 Å². The number of nitrogens with one attached hydrogen (secondary N) is 2. The summed E-state index contributed by atoms with van der Waals surface area (Å²) in [5.41, 5.74) is 0. The molecule has 1 fully saturated rings. The molecule has 0 radical (unpaired) electrons. The van der Waals surface area contributed by atoms with Crippen molar-refractivity contribution in [1.29, 1.82) is 0 Å². The van der Waals surface area contributed by atoms with E-state index in [0.717, 1.165) is 12.8 Å². The number of unbranched alkanes of at least 4 members (excludes halogenated alkanes) is 6. The Kier molecular flexibility index (Phi) is 24.7. The predicted molar refractivity (Wildman–Crippen MR) is 185 cm³/mol. The van der Waals surface area contributed by atoms with E-state index in [-0.39, 0.29) is 24.3 Å². The lowest BCUT2D eigenvalue weighted by molar-refractivity contribution is -0.134. The molecule has 0 aliphatic heterocycles. The van der Waals surface area contributed by atoms with Crippen LogP contribution in [0.4, 0.5) is 0 Å². The maximum atomic E-state index is 13.0. The molecule has 6 nitrogen and oxygen atoms in total. The van der Waals surface area contributed by atoms with Crippen LogP contribution in [0, 0.1) is 17.8 Å². The molecule has 0 bridgehead atoms. The van der Waals surface area contributed by atoms with Crippen LogP contribution in [0.5, 0.6) is 0 Å². The molecule has 2 N–H and O–H groups in total. The van der Waals surface area contributed by atoms with Crippen molar-refractivity contribution < 1.29 is 14.4 Å². The van der Waals surface area contributed by atoms with Gasteiger partial charge in [-0.05, 0) is 43.3 Å². The van der Waals surface area contributed by atoms with Gasteiger partial charge in [0.15, 0.2) is 0 Å². The Morgan fingerprint density at radius 2 is 1.28 bits per heavy atom. The van der Waals surface area contributed by atoms with Crippen molar-refractivity contribution in [1.82, 2.24) is 15.5 Å². The Morgan fingerprint density at radius 3 is 1.88 bits per heavy atom. The number of amides is 3. The number of carbonyl (C=O) groups is 3. The third-order valence-electron chi connectivity index (χ3n) is 9.62. The average molecular weight is 604 g/mol. The smallest absolute Gasteiger partial charge is 0.239 e. The highest BCUT2D eigenvalue weighted by Gasteiger charge is 2.23. The topological polar surface area (TPSA) is 78.5 Å². The highest BCUT2D eigenvalue weighted by molar-refractivity contribution is 6.19. The van der Waals surface area contributed by atoms with Crippen molar-refractivity contribution in [2.24, 2.45) is 17.8 Å². The van der Waals surface area contributed by atoms with Crippen LogP contribution >= 0.6 is 0 Å². The first-order chi connectivity index (χ1) is 20.9. The van der Waals surface area contributed by atoms with Crippen LogP contribution < -0.4 is 10.6 Å². The number of hydrogen-bond acceptors (Lipinski definition) is 3. The number of nitrogens with zero attached hydrogens (tertiary/aromatic N) is 1. The van der Waals surface area contributed by atoms with Gasteiger partial charge < -0.3 is 15.5 Å². The van der Waals surface area contributed by atoms with Crippen LogP contribution in [0.2, 0.25) is 6.32 Å². The van der Waals surface area contributed by atoms with Gasteiger partial charge in [0.2, 0.25) is 17.7 Å². The lowest BCUT2D eigenvalue weighted by Gasteiger charge is -2.27. The molecule has 1 saturated carbocycles. The van der Waals surface area contributed by atoms with Crippen LogP contribution in [-0.4, -0.2) is 56.6 Å². The molecule has 1 rings (SSSR count). The van der Waals surface area contributed by atoms with E-state index < -0.39 is 0 Å². The highest BCUT2D eigenvalue weighted by atomic mass is 16.2. The van der Waals surface area contributed by atoms with Crippen molar-refractivity contribution in [3.63, 3.8) is 0 Å². The first-order valence-corrected chi connectivity index (χ1v) is 18.8. The summed E-state index contributed by atoms with van der Waals surface area (Å²) in [6.07, 6.45) is 27.5. The predicted octanol–water partition coefficient (Wildman–Crippen LogP) is 7.60. The van der Waals surface area contributed by atoms with E-state index in [1.54, 1.807) is 4.90 Å². The molecule has 3 amide bonds. The fraction of sp³-hybridized carbons (Fsp3) is 0.917. The largest absolute Gasteiger partial charge is 0.354 e. The molecule has 0 aromatic rings. The van der Waals surface area contributed by atoms with Gasteiger partial charge in [0, 0.05) is 26.1 Å². The summed E-state index contributed by atoms with van der Waals surface area (Å²) >= 11 is 0. The minimum absolute atomic E-state index is 0.0374. The summed E-state index contributed by atoms with van der Waals surface area (Å²) in [7, 11) is 1.83. The van der Waals surface area contributed by atoms with Gasteiger partial charge in [0.05, 0.1) is 6.54 Å². The Bertz CT molecular complexity index is 710. The Balaban J connectivity index is 2.51. The maximum absolute atomic E-state index is 13.0. The second-order valence-electron chi connectivity index (χ2n) is 13.5. The summed E-state index contributed by atoms with van der Waals surface area (Å²) in [6, 6.07) is 0. The Hall–Kier alpha value is -1.53. The summed E-state index contributed by atoms with van der Waals surface area (Å²) < 4.78 is 0. The molecule has 1 aliphatic rings.